The molecular weight excluding hydrogens is 558 g/mol. The SMILES string of the molecule is Clc1ccc2c(NCCNC3CC4CC5(CC4C3)OOC3(c4ccccc4)CC(c4ccccc4)=CC3O5)ccnc2c1. The number of fused-ring (bicyclic) bond motifs is 3. The van der Waals surface area contributed by atoms with Crippen LogP contribution in [0, 0.1) is 11.8 Å². The van der Waals surface area contributed by atoms with Gasteiger partial charge in [0.15, 0.2) is 5.60 Å². The number of nitrogens with zero attached hydrogens (tertiary/aromatic N) is 1. The Kier molecular flexibility index (Phi) is 7.00. The van der Waals surface area contributed by atoms with Gasteiger partial charge in [0, 0.05) is 60.7 Å². The summed E-state index contributed by atoms with van der Waals surface area (Å²) in [4.78, 5) is 17.3. The minimum atomic E-state index is -0.682. The predicted molar refractivity (Wildman–Crippen MR) is 169 cm³/mol. The van der Waals surface area contributed by atoms with E-state index in [1.165, 1.54) is 11.1 Å². The van der Waals surface area contributed by atoms with E-state index in [2.05, 4.69) is 76.3 Å². The van der Waals surface area contributed by atoms with Crippen molar-refractivity contribution in [3.05, 3.63) is 113 Å². The smallest absolute Gasteiger partial charge is 0.202 e. The maximum atomic E-state index is 6.96. The number of anilines is 1. The third-order valence-electron chi connectivity index (χ3n) is 9.92. The Hall–Kier alpha value is -3.26. The fraction of sp³-hybridized carbons (Fsp3) is 0.361. The highest BCUT2D eigenvalue weighted by molar-refractivity contribution is 6.31. The van der Waals surface area contributed by atoms with E-state index in [-0.39, 0.29) is 6.10 Å². The van der Waals surface area contributed by atoms with Crippen LogP contribution < -0.4 is 10.6 Å². The molecule has 4 atom stereocenters. The first-order chi connectivity index (χ1) is 21.1. The molecule has 4 aliphatic rings. The summed E-state index contributed by atoms with van der Waals surface area (Å²) >= 11 is 6.15. The largest absolute Gasteiger partial charge is 0.383 e. The molecule has 7 heteroatoms. The van der Waals surface area contributed by atoms with E-state index in [0.717, 1.165) is 67.3 Å². The summed E-state index contributed by atoms with van der Waals surface area (Å²) in [6.07, 6.45) is 8.64. The molecule has 1 saturated heterocycles. The third-order valence-corrected chi connectivity index (χ3v) is 10.2. The lowest BCUT2D eigenvalue weighted by atomic mass is 9.87. The van der Waals surface area contributed by atoms with Crippen LogP contribution in [0.3, 0.4) is 0 Å². The van der Waals surface area contributed by atoms with Gasteiger partial charge in [-0.15, -0.1) is 0 Å². The number of hydrogen-bond acceptors (Lipinski definition) is 6. The summed E-state index contributed by atoms with van der Waals surface area (Å²) in [5.41, 5.74) is 4.87. The number of rotatable bonds is 7. The molecule has 0 bridgehead atoms. The van der Waals surface area contributed by atoms with E-state index >= 15 is 0 Å². The molecule has 1 aliphatic heterocycles. The quantitative estimate of drug-likeness (QED) is 0.171. The number of benzene rings is 3. The second-order valence-electron chi connectivity index (χ2n) is 12.6. The van der Waals surface area contributed by atoms with Crippen molar-refractivity contribution in [2.75, 3.05) is 18.4 Å². The number of halogens is 1. The molecule has 1 spiro atoms. The lowest BCUT2D eigenvalue weighted by molar-refractivity contribution is -0.525. The highest BCUT2D eigenvalue weighted by atomic mass is 35.5. The van der Waals surface area contributed by atoms with Crippen molar-refractivity contribution >= 4 is 33.8 Å². The van der Waals surface area contributed by atoms with E-state index in [1.54, 1.807) is 0 Å². The molecule has 2 N–H and O–H groups in total. The van der Waals surface area contributed by atoms with Crippen LogP contribution in [0.2, 0.25) is 5.02 Å². The maximum Gasteiger partial charge on any atom is 0.202 e. The van der Waals surface area contributed by atoms with Gasteiger partial charge in [0.1, 0.15) is 6.10 Å². The third kappa shape index (κ3) is 5.05. The highest BCUT2D eigenvalue weighted by Crippen LogP contribution is 2.58. The number of aromatic nitrogens is 1. The van der Waals surface area contributed by atoms with Crippen LogP contribution in [0.5, 0.6) is 0 Å². The van der Waals surface area contributed by atoms with Crippen molar-refractivity contribution in [2.24, 2.45) is 11.8 Å². The van der Waals surface area contributed by atoms with Crippen molar-refractivity contribution in [1.82, 2.24) is 10.3 Å². The molecule has 4 aromatic rings. The molecule has 3 aliphatic carbocycles. The Labute approximate surface area is 257 Å². The van der Waals surface area contributed by atoms with E-state index < -0.39 is 11.4 Å². The average Bonchev–Trinajstić information content (AvgIpc) is 3.70. The summed E-state index contributed by atoms with van der Waals surface area (Å²) in [6.45, 7) is 1.74. The molecule has 4 unspecified atom stereocenters. The van der Waals surface area contributed by atoms with E-state index in [4.69, 9.17) is 26.1 Å². The van der Waals surface area contributed by atoms with E-state index in [9.17, 15) is 0 Å². The number of ether oxygens (including phenoxy) is 1. The monoisotopic (exact) mass is 593 g/mol. The van der Waals surface area contributed by atoms with Crippen LogP contribution in [0.15, 0.2) is 97.2 Å². The van der Waals surface area contributed by atoms with Crippen LogP contribution >= 0.6 is 11.6 Å². The molecule has 6 nitrogen and oxygen atoms in total. The molecular formula is C36H36ClN3O3. The number of pyridine rings is 1. The van der Waals surface area contributed by atoms with Gasteiger partial charge in [0.05, 0.1) is 5.52 Å². The Balaban J connectivity index is 0.901. The molecule has 3 fully saturated rings. The number of nitrogens with one attached hydrogen (secondary N) is 2. The fourth-order valence-electron chi connectivity index (χ4n) is 7.93. The van der Waals surface area contributed by atoms with E-state index in [0.29, 0.717) is 22.9 Å². The van der Waals surface area contributed by atoms with Gasteiger partial charge in [0.25, 0.3) is 0 Å². The maximum absolute atomic E-state index is 6.96. The molecule has 220 valence electrons. The van der Waals surface area contributed by atoms with Crippen molar-refractivity contribution in [3.63, 3.8) is 0 Å². The van der Waals surface area contributed by atoms with Crippen molar-refractivity contribution < 1.29 is 14.5 Å². The Morgan fingerprint density at radius 2 is 1.63 bits per heavy atom. The molecule has 0 radical (unpaired) electrons. The minimum Gasteiger partial charge on any atom is -0.383 e. The average molecular weight is 594 g/mol. The summed E-state index contributed by atoms with van der Waals surface area (Å²) in [7, 11) is 0. The van der Waals surface area contributed by atoms with Crippen LogP contribution in [0.1, 0.15) is 43.2 Å². The van der Waals surface area contributed by atoms with Crippen molar-refractivity contribution in [1.29, 1.82) is 0 Å². The first-order valence-electron chi connectivity index (χ1n) is 15.5. The van der Waals surface area contributed by atoms with Crippen LogP contribution in [-0.4, -0.2) is 36.0 Å². The first-order valence-corrected chi connectivity index (χ1v) is 15.8. The van der Waals surface area contributed by atoms with Gasteiger partial charge in [-0.2, -0.15) is 4.89 Å². The molecule has 2 saturated carbocycles. The number of hydrogen-bond donors (Lipinski definition) is 2. The zero-order chi connectivity index (χ0) is 28.9. The second-order valence-corrected chi connectivity index (χ2v) is 13.0. The van der Waals surface area contributed by atoms with Crippen LogP contribution in [0.25, 0.3) is 16.5 Å². The van der Waals surface area contributed by atoms with Gasteiger partial charge in [0.2, 0.25) is 5.79 Å². The van der Waals surface area contributed by atoms with Gasteiger partial charge < -0.3 is 15.4 Å². The summed E-state index contributed by atoms with van der Waals surface area (Å²) in [6, 6.07) is 29.3. The molecule has 2 heterocycles. The van der Waals surface area contributed by atoms with Crippen LogP contribution in [-0.2, 0) is 20.1 Å². The zero-order valence-corrected chi connectivity index (χ0v) is 24.8. The molecule has 43 heavy (non-hydrogen) atoms. The summed E-state index contributed by atoms with van der Waals surface area (Å²) in [5, 5.41) is 9.16. The van der Waals surface area contributed by atoms with Gasteiger partial charge in [-0.3, -0.25) is 4.98 Å². The van der Waals surface area contributed by atoms with Crippen molar-refractivity contribution in [3.8, 4) is 0 Å². The molecule has 1 aromatic heterocycles. The Bertz CT molecular complexity index is 1630. The molecule has 8 rings (SSSR count). The van der Waals surface area contributed by atoms with Crippen LogP contribution in [0.4, 0.5) is 5.69 Å². The minimum absolute atomic E-state index is 0.196. The lowest BCUT2D eigenvalue weighted by Gasteiger charge is -2.46. The fourth-order valence-corrected chi connectivity index (χ4v) is 8.09. The first kappa shape index (κ1) is 27.3. The van der Waals surface area contributed by atoms with Gasteiger partial charge >= 0.3 is 0 Å². The second kappa shape index (κ2) is 11.0. The zero-order valence-electron chi connectivity index (χ0n) is 24.0. The Morgan fingerprint density at radius 1 is 0.860 bits per heavy atom. The van der Waals surface area contributed by atoms with Crippen molar-refractivity contribution in [2.45, 2.75) is 55.6 Å². The topological polar surface area (TPSA) is 64.6 Å². The highest BCUT2D eigenvalue weighted by Gasteiger charge is 2.61. The standard InChI is InChI=1S/C36H36ClN3O3/c37-29-11-12-31-32(13-14-39-33(31)20-29)40-16-15-38-30-17-25-21-35(22-26(25)18-30)41-34-19-27(24-7-3-1-4-8-24)23-36(34,43-42-35)28-9-5-2-6-10-28/h1-14,19-20,25-26,30,34,38H,15-18,21-23H2,(H,39,40). The normalized spacial score (nSPS) is 31.2. The van der Waals surface area contributed by atoms with E-state index in [1.807, 2.05) is 36.5 Å². The Morgan fingerprint density at radius 3 is 2.42 bits per heavy atom. The lowest BCUT2D eigenvalue weighted by Crippen LogP contribution is -2.53. The van der Waals surface area contributed by atoms with Gasteiger partial charge in [-0.05, 0) is 71.7 Å². The summed E-state index contributed by atoms with van der Waals surface area (Å²) < 4.78 is 6.96. The molecule has 0 amide bonds. The van der Waals surface area contributed by atoms with Gasteiger partial charge in [-0.1, -0.05) is 72.3 Å². The summed E-state index contributed by atoms with van der Waals surface area (Å²) in [5.74, 6) is 0.441. The van der Waals surface area contributed by atoms with Gasteiger partial charge in [-0.25, -0.2) is 4.89 Å². The molecule has 3 aromatic carbocycles. The predicted octanol–water partition coefficient (Wildman–Crippen LogP) is 7.50.